The molecule has 7 nitrogen and oxygen atoms in total. The third-order valence-corrected chi connectivity index (χ3v) is 4.35. The summed E-state index contributed by atoms with van der Waals surface area (Å²) in [5.41, 5.74) is 1.13. The molecule has 1 aromatic carbocycles. The van der Waals surface area contributed by atoms with E-state index in [1.165, 1.54) is 12.1 Å². The summed E-state index contributed by atoms with van der Waals surface area (Å²) in [6.07, 6.45) is 2.16. The van der Waals surface area contributed by atoms with Gasteiger partial charge < -0.3 is 5.32 Å². The average Bonchev–Trinajstić information content (AvgIpc) is 2.99. The van der Waals surface area contributed by atoms with Crippen LogP contribution < -0.4 is 5.32 Å². The van der Waals surface area contributed by atoms with Crippen LogP contribution in [0.2, 0.25) is 10.0 Å². The summed E-state index contributed by atoms with van der Waals surface area (Å²) >= 11 is 12.1. The van der Waals surface area contributed by atoms with Crippen molar-refractivity contribution in [3.05, 3.63) is 46.1 Å². The minimum absolute atomic E-state index is 0.112. The van der Waals surface area contributed by atoms with Gasteiger partial charge in [0.05, 0.1) is 12.7 Å². The number of nitrogens with zero attached hydrogens (tertiary/aromatic N) is 4. The number of anilines is 1. The SMILES string of the molecule is CN1N=C(C(=O)Nc2ccnn2Cc2ccc(Cl)cc2Cl)CCC1=O. The molecule has 130 valence electrons. The van der Waals surface area contributed by atoms with Crippen molar-refractivity contribution in [3.63, 3.8) is 0 Å². The van der Waals surface area contributed by atoms with Crippen LogP contribution in [0.1, 0.15) is 18.4 Å². The van der Waals surface area contributed by atoms with E-state index in [4.69, 9.17) is 23.2 Å². The standard InChI is InChI=1S/C16H15Cl2N5O2/c1-22-15(24)5-4-13(21-22)16(25)20-14-6-7-19-23(14)9-10-2-3-11(17)8-12(10)18/h2-3,6-8H,4-5,9H2,1H3,(H,20,25). The normalized spacial score (nSPS) is 14.4. The molecule has 0 radical (unpaired) electrons. The number of benzene rings is 1. The third kappa shape index (κ3) is 4.00. The van der Waals surface area contributed by atoms with E-state index in [2.05, 4.69) is 15.5 Å². The Hall–Kier alpha value is -2.38. The molecule has 0 fully saturated rings. The Kier molecular flexibility index (Phi) is 5.06. The number of nitrogens with one attached hydrogen (secondary N) is 1. The van der Waals surface area contributed by atoms with Crippen LogP contribution in [0.3, 0.4) is 0 Å². The number of aromatic nitrogens is 2. The van der Waals surface area contributed by atoms with Crippen molar-refractivity contribution < 1.29 is 9.59 Å². The highest BCUT2D eigenvalue weighted by Crippen LogP contribution is 2.22. The minimum Gasteiger partial charge on any atom is -0.306 e. The fourth-order valence-corrected chi connectivity index (χ4v) is 2.87. The second-order valence-corrected chi connectivity index (χ2v) is 6.37. The molecule has 1 aromatic heterocycles. The Bertz CT molecular complexity index is 862. The first-order chi connectivity index (χ1) is 11.9. The summed E-state index contributed by atoms with van der Waals surface area (Å²) in [4.78, 5) is 23.8. The van der Waals surface area contributed by atoms with E-state index in [9.17, 15) is 9.59 Å². The van der Waals surface area contributed by atoms with Crippen molar-refractivity contribution in [2.45, 2.75) is 19.4 Å². The van der Waals surface area contributed by atoms with Crippen LogP contribution in [0.25, 0.3) is 0 Å². The number of rotatable bonds is 4. The van der Waals surface area contributed by atoms with Gasteiger partial charge in [0.15, 0.2) is 0 Å². The van der Waals surface area contributed by atoms with Crippen LogP contribution in [0.15, 0.2) is 35.6 Å². The average molecular weight is 380 g/mol. The summed E-state index contributed by atoms with van der Waals surface area (Å²) in [6.45, 7) is 0.378. The fraction of sp³-hybridized carbons (Fsp3) is 0.250. The number of hydrogen-bond donors (Lipinski definition) is 1. The van der Waals surface area contributed by atoms with Gasteiger partial charge in [-0.1, -0.05) is 29.3 Å². The lowest BCUT2D eigenvalue weighted by molar-refractivity contribution is -0.130. The van der Waals surface area contributed by atoms with E-state index >= 15 is 0 Å². The first-order valence-electron chi connectivity index (χ1n) is 7.55. The zero-order valence-electron chi connectivity index (χ0n) is 13.4. The molecule has 0 atom stereocenters. The predicted molar refractivity (Wildman–Crippen MR) is 95.9 cm³/mol. The molecule has 2 heterocycles. The Morgan fingerprint density at radius 2 is 2.08 bits per heavy atom. The van der Waals surface area contributed by atoms with Crippen molar-refractivity contribution in [1.82, 2.24) is 14.8 Å². The molecule has 1 aliphatic rings. The zero-order valence-corrected chi connectivity index (χ0v) is 14.9. The lowest BCUT2D eigenvalue weighted by atomic mass is 10.1. The van der Waals surface area contributed by atoms with Gasteiger partial charge in [-0.2, -0.15) is 10.2 Å². The number of hydrazone groups is 1. The molecule has 3 rings (SSSR count). The minimum atomic E-state index is -0.358. The van der Waals surface area contributed by atoms with Gasteiger partial charge in [-0.25, -0.2) is 9.69 Å². The van der Waals surface area contributed by atoms with Crippen molar-refractivity contribution in [2.24, 2.45) is 5.10 Å². The Morgan fingerprint density at radius 1 is 1.28 bits per heavy atom. The van der Waals surface area contributed by atoms with Gasteiger partial charge in [-0.15, -0.1) is 0 Å². The van der Waals surface area contributed by atoms with Gasteiger partial charge in [0.2, 0.25) is 5.91 Å². The molecule has 1 aliphatic heterocycles. The maximum atomic E-state index is 12.4. The van der Waals surface area contributed by atoms with Gasteiger partial charge in [0.1, 0.15) is 11.5 Å². The van der Waals surface area contributed by atoms with Gasteiger partial charge in [0, 0.05) is 36.0 Å². The second kappa shape index (κ2) is 7.25. The number of carbonyl (C=O) groups is 2. The fourth-order valence-electron chi connectivity index (χ4n) is 2.40. The molecule has 0 bridgehead atoms. The first-order valence-corrected chi connectivity index (χ1v) is 8.31. The number of amides is 2. The van der Waals surface area contributed by atoms with Crippen molar-refractivity contribution in [2.75, 3.05) is 12.4 Å². The maximum absolute atomic E-state index is 12.4. The second-order valence-electron chi connectivity index (χ2n) is 5.53. The quantitative estimate of drug-likeness (QED) is 0.886. The topological polar surface area (TPSA) is 79.6 Å². The van der Waals surface area contributed by atoms with Gasteiger partial charge in [-0.05, 0) is 17.7 Å². The van der Waals surface area contributed by atoms with E-state index in [0.29, 0.717) is 34.5 Å². The van der Waals surface area contributed by atoms with Crippen molar-refractivity contribution in [1.29, 1.82) is 0 Å². The van der Waals surface area contributed by atoms with Gasteiger partial charge in [0.25, 0.3) is 5.91 Å². The molecule has 0 saturated carbocycles. The number of carbonyl (C=O) groups excluding carboxylic acids is 2. The van der Waals surface area contributed by atoms with Crippen LogP contribution >= 0.6 is 23.2 Å². The van der Waals surface area contributed by atoms with E-state index in [0.717, 1.165) is 5.56 Å². The predicted octanol–water partition coefficient (Wildman–Crippen LogP) is 2.78. The molecule has 0 spiro atoms. The molecule has 0 saturated heterocycles. The Morgan fingerprint density at radius 3 is 2.80 bits per heavy atom. The molecule has 1 N–H and O–H groups in total. The zero-order chi connectivity index (χ0) is 18.0. The highest BCUT2D eigenvalue weighted by Gasteiger charge is 2.22. The molecular formula is C16H15Cl2N5O2. The third-order valence-electron chi connectivity index (χ3n) is 3.76. The summed E-state index contributed by atoms with van der Waals surface area (Å²) in [7, 11) is 1.53. The Balaban J connectivity index is 1.75. The monoisotopic (exact) mass is 379 g/mol. The highest BCUT2D eigenvalue weighted by molar-refractivity contribution is 6.43. The summed E-state index contributed by atoms with van der Waals surface area (Å²) in [6, 6.07) is 6.89. The number of hydrogen-bond acceptors (Lipinski definition) is 4. The lowest BCUT2D eigenvalue weighted by Gasteiger charge is -2.19. The summed E-state index contributed by atoms with van der Waals surface area (Å²) in [5, 5.41) is 13.2. The molecule has 2 amide bonds. The van der Waals surface area contributed by atoms with Crippen LogP contribution in [0, 0.1) is 0 Å². The smallest absolute Gasteiger partial charge is 0.273 e. The van der Waals surface area contributed by atoms with Crippen LogP contribution in [-0.4, -0.2) is 39.4 Å². The van der Waals surface area contributed by atoms with E-state index in [-0.39, 0.29) is 18.2 Å². The largest absolute Gasteiger partial charge is 0.306 e. The van der Waals surface area contributed by atoms with E-state index in [1.54, 1.807) is 29.1 Å². The first kappa shape index (κ1) is 17.4. The van der Waals surface area contributed by atoms with Gasteiger partial charge >= 0.3 is 0 Å². The molecule has 25 heavy (non-hydrogen) atoms. The molecular weight excluding hydrogens is 365 g/mol. The summed E-state index contributed by atoms with van der Waals surface area (Å²) < 4.78 is 1.62. The van der Waals surface area contributed by atoms with Gasteiger partial charge in [-0.3, -0.25) is 9.59 Å². The number of halogens is 2. The van der Waals surface area contributed by atoms with Crippen LogP contribution in [0.5, 0.6) is 0 Å². The van der Waals surface area contributed by atoms with E-state index in [1.807, 2.05) is 6.07 Å². The summed E-state index contributed by atoms with van der Waals surface area (Å²) in [5.74, 6) is 0.0422. The highest BCUT2D eigenvalue weighted by atomic mass is 35.5. The Labute approximate surface area is 154 Å². The van der Waals surface area contributed by atoms with E-state index < -0.39 is 0 Å². The molecule has 9 heteroatoms. The molecule has 2 aromatic rings. The lowest BCUT2D eigenvalue weighted by Crippen LogP contribution is -2.34. The van der Waals surface area contributed by atoms with Crippen molar-refractivity contribution >= 4 is 46.5 Å². The van der Waals surface area contributed by atoms with Crippen molar-refractivity contribution in [3.8, 4) is 0 Å². The van der Waals surface area contributed by atoms with Crippen LogP contribution in [-0.2, 0) is 16.1 Å². The van der Waals surface area contributed by atoms with Crippen LogP contribution in [0.4, 0.5) is 5.82 Å². The molecule has 0 aliphatic carbocycles. The maximum Gasteiger partial charge on any atom is 0.273 e. The molecule has 0 unspecified atom stereocenters.